The molecule has 0 radical (unpaired) electrons. The minimum Gasteiger partial charge on any atom is -0.480 e. The minimum absolute atomic E-state index is 0. The van der Waals surface area contributed by atoms with Crippen LogP contribution >= 0.6 is 0 Å². The lowest BCUT2D eigenvalue weighted by atomic mass is 10.4. The summed E-state index contributed by atoms with van der Waals surface area (Å²) in [6.45, 7) is 1.42. The van der Waals surface area contributed by atoms with Gasteiger partial charge in [0, 0.05) is 0 Å². The maximum absolute atomic E-state index is 9.57. The first-order chi connectivity index (χ1) is 2.64. The molecule has 0 amide bonds. The third kappa shape index (κ3) is 5.96. The van der Waals surface area contributed by atoms with Crippen molar-refractivity contribution in [3.05, 3.63) is 0 Å². The fourth-order valence-corrected chi connectivity index (χ4v) is 0. The molecule has 0 rings (SSSR count). The molecule has 0 spiro atoms. The maximum Gasteiger partial charge on any atom is 0.320 e. The molecular formula is C3H10AlNO2. The van der Waals surface area contributed by atoms with Gasteiger partial charge in [0.2, 0.25) is 0 Å². The topological polar surface area (TPSA) is 63.3 Å². The molecule has 0 saturated heterocycles. The van der Waals surface area contributed by atoms with Crippen LogP contribution in [0.25, 0.3) is 0 Å². The highest BCUT2D eigenvalue weighted by atomic mass is 27.0. The van der Waals surface area contributed by atoms with Crippen LogP contribution in [-0.4, -0.2) is 34.5 Å². The van der Waals surface area contributed by atoms with Gasteiger partial charge in [-0.3, -0.25) is 4.79 Å². The molecule has 0 aromatic rings. The fraction of sp³-hybridized carbons (Fsp3) is 0.667. The van der Waals surface area contributed by atoms with Gasteiger partial charge in [0.15, 0.2) is 17.4 Å². The Morgan fingerprint density at radius 1 is 1.86 bits per heavy atom. The summed E-state index contributed by atoms with van der Waals surface area (Å²) in [5, 5.41) is 7.87. The number of carboxylic acid groups (broad SMARTS) is 1. The lowest BCUT2D eigenvalue weighted by Crippen LogP contribution is -2.25. The van der Waals surface area contributed by atoms with E-state index in [0.717, 1.165) is 0 Å². The predicted octanol–water partition coefficient (Wildman–Crippen LogP) is -1.77. The van der Waals surface area contributed by atoms with Gasteiger partial charge in [0.05, 0.1) is 0 Å². The Morgan fingerprint density at radius 2 is 2.00 bits per heavy atom. The third-order valence-electron chi connectivity index (χ3n) is 0.390. The van der Waals surface area contributed by atoms with Crippen LogP contribution < -0.4 is 5.73 Å². The summed E-state index contributed by atoms with van der Waals surface area (Å²) in [4.78, 5) is 9.57. The summed E-state index contributed by atoms with van der Waals surface area (Å²) >= 11 is 0. The largest absolute Gasteiger partial charge is 0.480 e. The van der Waals surface area contributed by atoms with Crippen molar-refractivity contribution in [1.82, 2.24) is 0 Å². The van der Waals surface area contributed by atoms with Crippen molar-refractivity contribution in [3.63, 3.8) is 0 Å². The first-order valence-corrected chi connectivity index (χ1v) is 1.63. The van der Waals surface area contributed by atoms with E-state index < -0.39 is 12.0 Å². The van der Waals surface area contributed by atoms with E-state index in [1.54, 1.807) is 0 Å². The first kappa shape index (κ1) is 10.1. The Morgan fingerprint density at radius 3 is 2.00 bits per heavy atom. The third-order valence-corrected chi connectivity index (χ3v) is 0.390. The Hall–Kier alpha value is -0.0375. The van der Waals surface area contributed by atoms with Crippen LogP contribution in [0.4, 0.5) is 0 Å². The van der Waals surface area contributed by atoms with Gasteiger partial charge in [-0.25, -0.2) is 0 Å². The Labute approximate surface area is 52.6 Å². The molecule has 0 aliphatic carbocycles. The Kier molecular flexibility index (Phi) is 5.93. The van der Waals surface area contributed by atoms with Crippen LogP contribution in [0.2, 0.25) is 0 Å². The van der Waals surface area contributed by atoms with Crippen LogP contribution in [0.1, 0.15) is 6.92 Å². The monoisotopic (exact) mass is 119 g/mol. The van der Waals surface area contributed by atoms with Crippen LogP contribution in [0.3, 0.4) is 0 Å². The summed E-state index contributed by atoms with van der Waals surface area (Å²) in [5.41, 5.74) is 4.84. The Balaban J connectivity index is 0. The smallest absolute Gasteiger partial charge is 0.320 e. The normalized spacial score (nSPS) is 11.7. The predicted molar refractivity (Wildman–Crippen MR) is 31.2 cm³/mol. The van der Waals surface area contributed by atoms with E-state index in [9.17, 15) is 4.79 Å². The summed E-state index contributed by atoms with van der Waals surface area (Å²) < 4.78 is 0. The van der Waals surface area contributed by atoms with Gasteiger partial charge < -0.3 is 10.8 Å². The van der Waals surface area contributed by atoms with Gasteiger partial charge in [0.25, 0.3) is 0 Å². The minimum atomic E-state index is -0.963. The van der Waals surface area contributed by atoms with E-state index in [2.05, 4.69) is 0 Å². The molecule has 0 aliphatic rings. The zero-order valence-corrected chi connectivity index (χ0v) is 3.51. The highest BCUT2D eigenvalue weighted by Gasteiger charge is 1.99. The first-order valence-electron chi connectivity index (χ1n) is 1.63. The van der Waals surface area contributed by atoms with Gasteiger partial charge >= 0.3 is 5.97 Å². The SMILES string of the molecule is C[C@H](N)C(=O)O.[AlH3]. The fourth-order valence-electron chi connectivity index (χ4n) is 0. The number of nitrogens with two attached hydrogens (primary N) is 1. The molecule has 0 aromatic heterocycles. The average molecular weight is 119 g/mol. The van der Waals surface area contributed by atoms with Crippen molar-refractivity contribution >= 4 is 23.3 Å². The number of hydrogen-bond acceptors (Lipinski definition) is 2. The second kappa shape index (κ2) is 4.13. The maximum atomic E-state index is 9.57. The molecule has 0 heterocycles. The molecule has 42 valence electrons. The highest BCUT2D eigenvalue weighted by Crippen LogP contribution is 1.68. The van der Waals surface area contributed by atoms with Crippen LogP contribution in [-0.2, 0) is 4.79 Å². The van der Waals surface area contributed by atoms with E-state index in [1.165, 1.54) is 6.92 Å². The molecule has 0 saturated carbocycles. The van der Waals surface area contributed by atoms with Gasteiger partial charge in [-0.1, -0.05) is 0 Å². The average Bonchev–Trinajstić information content (AvgIpc) is 1.36. The van der Waals surface area contributed by atoms with Crippen LogP contribution in [0, 0.1) is 0 Å². The lowest BCUT2D eigenvalue weighted by Gasteiger charge is -1.90. The van der Waals surface area contributed by atoms with Crippen LogP contribution in [0.15, 0.2) is 0 Å². The number of aliphatic carboxylic acids is 1. The van der Waals surface area contributed by atoms with E-state index in [4.69, 9.17) is 10.8 Å². The van der Waals surface area contributed by atoms with Crippen molar-refractivity contribution in [3.8, 4) is 0 Å². The highest BCUT2D eigenvalue weighted by molar-refractivity contribution is 5.75. The number of rotatable bonds is 1. The molecular weight excluding hydrogens is 109 g/mol. The second-order valence-corrected chi connectivity index (χ2v) is 1.13. The molecule has 1 atom stereocenters. The molecule has 0 fully saturated rings. The molecule has 0 aliphatic heterocycles. The summed E-state index contributed by atoms with van der Waals surface area (Å²) in [7, 11) is 0. The summed E-state index contributed by atoms with van der Waals surface area (Å²) in [6.07, 6.45) is 0. The Bertz CT molecular complexity index is 64.0. The lowest BCUT2D eigenvalue weighted by molar-refractivity contribution is -0.138. The van der Waals surface area contributed by atoms with Gasteiger partial charge in [-0.15, -0.1) is 0 Å². The van der Waals surface area contributed by atoms with Crippen molar-refractivity contribution in [2.75, 3.05) is 0 Å². The molecule has 3 nitrogen and oxygen atoms in total. The number of carboxylic acids is 1. The zero-order chi connectivity index (χ0) is 5.15. The van der Waals surface area contributed by atoms with E-state index in [0.29, 0.717) is 0 Å². The van der Waals surface area contributed by atoms with E-state index in [1.807, 2.05) is 0 Å². The van der Waals surface area contributed by atoms with Gasteiger partial charge in [0.1, 0.15) is 6.04 Å². The summed E-state index contributed by atoms with van der Waals surface area (Å²) in [6, 6.07) is -0.731. The van der Waals surface area contributed by atoms with Crippen molar-refractivity contribution in [1.29, 1.82) is 0 Å². The second-order valence-electron chi connectivity index (χ2n) is 1.13. The molecule has 0 unspecified atom stereocenters. The van der Waals surface area contributed by atoms with Crippen molar-refractivity contribution in [2.45, 2.75) is 13.0 Å². The van der Waals surface area contributed by atoms with E-state index >= 15 is 0 Å². The van der Waals surface area contributed by atoms with Crippen molar-refractivity contribution in [2.24, 2.45) is 5.73 Å². The number of hydrogen-bond donors (Lipinski definition) is 2. The molecule has 7 heavy (non-hydrogen) atoms. The van der Waals surface area contributed by atoms with Gasteiger partial charge in [-0.2, -0.15) is 0 Å². The van der Waals surface area contributed by atoms with Crippen LogP contribution in [0.5, 0.6) is 0 Å². The standard InChI is InChI=1S/C3H7NO2.Al.3H/c1-2(4)3(5)6;;;;/h2H,4H2,1H3,(H,5,6);;;;/t2-;;;;/m0..../s1. The zero-order valence-electron chi connectivity index (χ0n) is 3.51. The van der Waals surface area contributed by atoms with E-state index in [-0.39, 0.29) is 17.4 Å². The molecule has 0 bridgehead atoms. The summed E-state index contributed by atoms with van der Waals surface area (Å²) in [5.74, 6) is -0.963. The quantitative estimate of drug-likeness (QED) is 0.402. The van der Waals surface area contributed by atoms with Gasteiger partial charge in [-0.05, 0) is 6.92 Å². The molecule has 4 heteroatoms. The number of carbonyl (C=O) groups is 1. The molecule has 0 aromatic carbocycles. The van der Waals surface area contributed by atoms with Crippen molar-refractivity contribution < 1.29 is 9.90 Å². The molecule has 3 N–H and O–H groups in total.